The molecule has 0 fully saturated rings. The fraction of sp³-hybridized carbons (Fsp3) is 0.0769. The van der Waals surface area contributed by atoms with Gasteiger partial charge in [0.25, 0.3) is 0 Å². The van der Waals surface area contributed by atoms with Gasteiger partial charge in [-0.25, -0.2) is 9.50 Å². The molecule has 0 bridgehead atoms. The maximum atomic E-state index is 6.01. The van der Waals surface area contributed by atoms with Crippen molar-refractivity contribution >= 4 is 23.1 Å². The lowest BCUT2D eigenvalue weighted by atomic mass is 10.2. The highest BCUT2D eigenvalue weighted by molar-refractivity contribution is 6.30. The SMILES string of the molecule is CNc1ccc2ncc(-c3cccc(Cl)c3)n2n1. The lowest BCUT2D eigenvalue weighted by Crippen LogP contribution is -1.99. The second-order valence-electron chi connectivity index (χ2n) is 3.89. The van der Waals surface area contributed by atoms with Gasteiger partial charge in [0, 0.05) is 17.6 Å². The fourth-order valence-electron chi connectivity index (χ4n) is 1.85. The number of benzene rings is 1. The van der Waals surface area contributed by atoms with Crippen LogP contribution >= 0.6 is 11.6 Å². The van der Waals surface area contributed by atoms with Gasteiger partial charge in [-0.2, -0.15) is 0 Å². The van der Waals surface area contributed by atoms with E-state index in [9.17, 15) is 0 Å². The summed E-state index contributed by atoms with van der Waals surface area (Å²) in [6, 6.07) is 11.5. The average Bonchev–Trinajstić information content (AvgIpc) is 2.81. The molecule has 0 saturated heterocycles. The number of rotatable bonds is 2. The van der Waals surface area contributed by atoms with E-state index in [4.69, 9.17) is 11.6 Å². The summed E-state index contributed by atoms with van der Waals surface area (Å²) < 4.78 is 1.80. The maximum absolute atomic E-state index is 6.01. The highest BCUT2D eigenvalue weighted by Gasteiger charge is 2.07. The van der Waals surface area contributed by atoms with Crippen molar-refractivity contribution in [2.75, 3.05) is 12.4 Å². The molecule has 3 rings (SSSR count). The lowest BCUT2D eigenvalue weighted by molar-refractivity contribution is 0.945. The van der Waals surface area contributed by atoms with Gasteiger partial charge in [0.15, 0.2) is 5.65 Å². The summed E-state index contributed by atoms with van der Waals surface area (Å²) in [6.45, 7) is 0. The molecule has 0 aliphatic carbocycles. The predicted octanol–water partition coefficient (Wildman–Crippen LogP) is 3.09. The van der Waals surface area contributed by atoms with Crippen LogP contribution < -0.4 is 5.32 Å². The summed E-state index contributed by atoms with van der Waals surface area (Å²) in [7, 11) is 1.84. The van der Waals surface area contributed by atoms with Crippen LogP contribution in [0.15, 0.2) is 42.6 Å². The highest BCUT2D eigenvalue weighted by atomic mass is 35.5. The lowest BCUT2D eigenvalue weighted by Gasteiger charge is -2.03. The van der Waals surface area contributed by atoms with E-state index in [1.165, 1.54) is 0 Å². The zero-order chi connectivity index (χ0) is 12.5. The molecule has 90 valence electrons. The molecule has 0 saturated carbocycles. The van der Waals surface area contributed by atoms with Crippen molar-refractivity contribution in [1.29, 1.82) is 0 Å². The fourth-order valence-corrected chi connectivity index (χ4v) is 2.04. The molecule has 0 radical (unpaired) electrons. The molecule has 0 atom stereocenters. The summed E-state index contributed by atoms with van der Waals surface area (Å²) >= 11 is 6.01. The minimum absolute atomic E-state index is 0.701. The molecular formula is C13H11ClN4. The summed E-state index contributed by atoms with van der Waals surface area (Å²) in [5.41, 5.74) is 2.73. The van der Waals surface area contributed by atoms with Gasteiger partial charge in [-0.05, 0) is 24.3 Å². The zero-order valence-corrected chi connectivity index (χ0v) is 10.5. The van der Waals surface area contributed by atoms with Gasteiger partial charge >= 0.3 is 0 Å². The second kappa shape index (κ2) is 4.31. The van der Waals surface area contributed by atoms with Crippen LogP contribution in [-0.2, 0) is 0 Å². The van der Waals surface area contributed by atoms with Crippen LogP contribution in [0.5, 0.6) is 0 Å². The van der Waals surface area contributed by atoms with Crippen LogP contribution in [-0.4, -0.2) is 21.6 Å². The van der Waals surface area contributed by atoms with Crippen molar-refractivity contribution in [3.05, 3.63) is 47.6 Å². The molecule has 1 aromatic carbocycles. The van der Waals surface area contributed by atoms with Crippen molar-refractivity contribution in [2.24, 2.45) is 0 Å². The van der Waals surface area contributed by atoms with Crippen molar-refractivity contribution in [3.63, 3.8) is 0 Å². The van der Waals surface area contributed by atoms with E-state index in [-0.39, 0.29) is 0 Å². The van der Waals surface area contributed by atoms with E-state index >= 15 is 0 Å². The number of fused-ring (bicyclic) bond motifs is 1. The molecule has 0 aliphatic rings. The molecule has 2 heterocycles. The van der Waals surface area contributed by atoms with Gasteiger partial charge in [-0.3, -0.25) is 0 Å². The van der Waals surface area contributed by atoms with Crippen molar-refractivity contribution in [2.45, 2.75) is 0 Å². The number of aromatic nitrogens is 3. The highest BCUT2D eigenvalue weighted by Crippen LogP contribution is 2.23. The second-order valence-corrected chi connectivity index (χ2v) is 4.33. The van der Waals surface area contributed by atoms with Crippen molar-refractivity contribution in [3.8, 4) is 11.3 Å². The van der Waals surface area contributed by atoms with Gasteiger partial charge in [-0.15, -0.1) is 5.10 Å². The van der Waals surface area contributed by atoms with Crippen LogP contribution in [0.4, 0.5) is 5.82 Å². The number of hydrogen-bond donors (Lipinski definition) is 1. The van der Waals surface area contributed by atoms with Crippen molar-refractivity contribution < 1.29 is 0 Å². The largest absolute Gasteiger partial charge is 0.372 e. The van der Waals surface area contributed by atoms with E-state index in [2.05, 4.69) is 15.4 Å². The molecule has 0 unspecified atom stereocenters. The third-order valence-corrected chi connectivity index (χ3v) is 2.97. The quantitative estimate of drug-likeness (QED) is 0.768. The molecule has 5 heteroatoms. The van der Waals surface area contributed by atoms with Gasteiger partial charge in [0.1, 0.15) is 5.82 Å². The first-order valence-corrected chi connectivity index (χ1v) is 5.94. The summed E-state index contributed by atoms with van der Waals surface area (Å²) in [6.07, 6.45) is 1.80. The molecular weight excluding hydrogens is 248 g/mol. The molecule has 1 N–H and O–H groups in total. The van der Waals surface area contributed by atoms with E-state index in [0.717, 1.165) is 22.7 Å². The molecule has 0 amide bonds. The summed E-state index contributed by atoms with van der Waals surface area (Å²) in [5, 5.41) is 8.17. The molecule has 3 aromatic rings. The normalized spacial score (nSPS) is 10.8. The first kappa shape index (κ1) is 11.0. The standard InChI is InChI=1S/C13H11ClN4/c1-15-12-5-6-13-16-8-11(18(13)17-12)9-3-2-4-10(14)7-9/h2-8H,1H3,(H,15,17). The zero-order valence-electron chi connectivity index (χ0n) is 9.76. The van der Waals surface area contributed by atoms with Crippen LogP contribution in [0.1, 0.15) is 0 Å². The number of hydrogen-bond acceptors (Lipinski definition) is 3. The molecule has 0 spiro atoms. The van der Waals surface area contributed by atoms with Gasteiger partial charge < -0.3 is 5.32 Å². The Morgan fingerprint density at radius 1 is 1.22 bits per heavy atom. The number of anilines is 1. The van der Waals surface area contributed by atoms with Crippen LogP contribution in [0.3, 0.4) is 0 Å². The minimum Gasteiger partial charge on any atom is -0.372 e. The van der Waals surface area contributed by atoms with Crippen molar-refractivity contribution in [1.82, 2.24) is 14.6 Å². The van der Waals surface area contributed by atoms with Gasteiger partial charge in [0.05, 0.1) is 11.9 Å². The van der Waals surface area contributed by atoms with Crippen LogP contribution in [0, 0.1) is 0 Å². The Morgan fingerprint density at radius 2 is 2.11 bits per heavy atom. The number of halogens is 1. The predicted molar refractivity (Wildman–Crippen MR) is 73.0 cm³/mol. The Balaban J connectivity index is 2.22. The topological polar surface area (TPSA) is 42.2 Å². The monoisotopic (exact) mass is 258 g/mol. The Hall–Kier alpha value is -2.07. The molecule has 2 aromatic heterocycles. The van der Waals surface area contributed by atoms with E-state index in [1.807, 2.05) is 43.4 Å². The maximum Gasteiger partial charge on any atom is 0.154 e. The van der Waals surface area contributed by atoms with Gasteiger partial charge in [-0.1, -0.05) is 23.7 Å². The average molecular weight is 259 g/mol. The Labute approximate surface area is 109 Å². The van der Waals surface area contributed by atoms with Crippen LogP contribution in [0.25, 0.3) is 16.9 Å². The van der Waals surface area contributed by atoms with E-state index < -0.39 is 0 Å². The number of nitrogens with one attached hydrogen (secondary N) is 1. The smallest absolute Gasteiger partial charge is 0.154 e. The van der Waals surface area contributed by atoms with Crippen LogP contribution in [0.2, 0.25) is 5.02 Å². The Morgan fingerprint density at radius 3 is 2.89 bits per heavy atom. The molecule has 18 heavy (non-hydrogen) atoms. The first-order chi connectivity index (χ1) is 8.78. The van der Waals surface area contributed by atoms with Gasteiger partial charge in [0.2, 0.25) is 0 Å². The third-order valence-electron chi connectivity index (χ3n) is 2.74. The summed E-state index contributed by atoms with van der Waals surface area (Å²) in [4.78, 5) is 4.33. The number of nitrogens with zero attached hydrogens (tertiary/aromatic N) is 3. The molecule has 4 nitrogen and oxygen atoms in total. The number of imidazole rings is 1. The first-order valence-electron chi connectivity index (χ1n) is 5.56. The summed E-state index contributed by atoms with van der Waals surface area (Å²) in [5.74, 6) is 0.795. The van der Waals surface area contributed by atoms with E-state index in [0.29, 0.717) is 5.02 Å². The Kier molecular flexibility index (Phi) is 2.64. The minimum atomic E-state index is 0.701. The van der Waals surface area contributed by atoms with E-state index in [1.54, 1.807) is 10.7 Å². The Bertz CT molecular complexity index is 705. The third kappa shape index (κ3) is 1.80. The molecule has 0 aliphatic heterocycles.